The summed E-state index contributed by atoms with van der Waals surface area (Å²) in [5, 5.41) is 14.8. The minimum absolute atomic E-state index is 0.105. The van der Waals surface area contributed by atoms with Crippen LogP contribution in [0.4, 0.5) is 11.4 Å². The fraction of sp³-hybridized carbons (Fsp3) is 0.304. The van der Waals surface area contributed by atoms with Gasteiger partial charge < -0.3 is 15.2 Å². The second-order valence-electron chi connectivity index (χ2n) is 7.34. The Morgan fingerprint density at radius 1 is 0.935 bits per heavy atom. The van der Waals surface area contributed by atoms with Gasteiger partial charge >= 0.3 is 0 Å². The molecule has 0 aliphatic carbocycles. The van der Waals surface area contributed by atoms with Gasteiger partial charge in [-0.05, 0) is 51.0 Å². The molecule has 31 heavy (non-hydrogen) atoms. The molecule has 1 aromatic heterocycles. The molecule has 2 amide bonds. The fourth-order valence-corrected chi connectivity index (χ4v) is 4.00. The molecular formula is C23H27N5O2S. The van der Waals surface area contributed by atoms with Crippen LogP contribution in [-0.2, 0) is 22.6 Å². The number of anilines is 2. The quantitative estimate of drug-likeness (QED) is 0.517. The molecule has 0 spiro atoms. The smallest absolute Gasteiger partial charge is 0.234 e. The van der Waals surface area contributed by atoms with Crippen LogP contribution >= 0.6 is 11.8 Å². The average molecular weight is 438 g/mol. The van der Waals surface area contributed by atoms with Gasteiger partial charge in [0, 0.05) is 17.9 Å². The summed E-state index contributed by atoms with van der Waals surface area (Å²) in [5.74, 6) is 0.522. The molecule has 0 fully saturated rings. The van der Waals surface area contributed by atoms with Crippen molar-refractivity contribution in [1.29, 1.82) is 0 Å². The largest absolute Gasteiger partial charge is 0.326 e. The lowest BCUT2D eigenvalue weighted by molar-refractivity contribution is -0.116. The fourth-order valence-electron chi connectivity index (χ4n) is 3.18. The van der Waals surface area contributed by atoms with E-state index in [-0.39, 0.29) is 24.0 Å². The van der Waals surface area contributed by atoms with Crippen molar-refractivity contribution in [2.24, 2.45) is 0 Å². The van der Waals surface area contributed by atoms with Gasteiger partial charge in [0.05, 0.1) is 12.2 Å². The summed E-state index contributed by atoms with van der Waals surface area (Å²) < 4.78 is 1.87. The van der Waals surface area contributed by atoms with E-state index < -0.39 is 0 Å². The Balaban J connectivity index is 1.59. The van der Waals surface area contributed by atoms with E-state index in [1.54, 1.807) is 0 Å². The predicted octanol–water partition coefficient (Wildman–Crippen LogP) is 4.14. The van der Waals surface area contributed by atoms with E-state index in [2.05, 4.69) is 20.8 Å². The molecule has 162 valence electrons. The first kappa shape index (κ1) is 22.6. The highest BCUT2D eigenvalue weighted by Crippen LogP contribution is 2.22. The number of hydrogen-bond donors (Lipinski definition) is 2. The van der Waals surface area contributed by atoms with Crippen molar-refractivity contribution in [2.45, 2.75) is 45.8 Å². The van der Waals surface area contributed by atoms with Gasteiger partial charge in [0.2, 0.25) is 11.8 Å². The Morgan fingerprint density at radius 3 is 2.26 bits per heavy atom. The number of aryl methyl sites for hydroxylation is 3. The standard InChI is InChI=1S/C23H27N5O2S/c1-5-28-19(13-20(29)24-18-11-9-15(2)10-12-18)26-27-23(28)31-14-21(30)25-22-16(3)7-6-8-17(22)4/h6-12H,5,13-14H2,1-4H3,(H,24,29)(H,25,30). The molecule has 2 aromatic carbocycles. The summed E-state index contributed by atoms with van der Waals surface area (Å²) in [6.45, 7) is 8.51. The zero-order chi connectivity index (χ0) is 22.4. The number of carbonyl (C=O) groups is 2. The van der Waals surface area contributed by atoms with E-state index in [9.17, 15) is 9.59 Å². The zero-order valence-corrected chi connectivity index (χ0v) is 19.0. The van der Waals surface area contributed by atoms with Crippen molar-refractivity contribution in [1.82, 2.24) is 14.8 Å². The van der Waals surface area contributed by atoms with Crippen LogP contribution in [0.25, 0.3) is 0 Å². The molecule has 0 unspecified atom stereocenters. The van der Waals surface area contributed by atoms with Gasteiger partial charge in [0.1, 0.15) is 5.82 Å². The summed E-state index contributed by atoms with van der Waals surface area (Å²) in [4.78, 5) is 24.9. The zero-order valence-electron chi connectivity index (χ0n) is 18.2. The van der Waals surface area contributed by atoms with E-state index >= 15 is 0 Å². The van der Waals surface area contributed by atoms with Crippen LogP contribution in [0.5, 0.6) is 0 Å². The highest BCUT2D eigenvalue weighted by Gasteiger charge is 2.16. The SMILES string of the molecule is CCn1c(CC(=O)Nc2ccc(C)cc2)nnc1SCC(=O)Nc1c(C)cccc1C. The highest BCUT2D eigenvalue weighted by molar-refractivity contribution is 7.99. The van der Waals surface area contributed by atoms with Crippen LogP contribution in [-0.4, -0.2) is 32.3 Å². The molecule has 0 atom stereocenters. The lowest BCUT2D eigenvalue weighted by Crippen LogP contribution is -2.18. The Morgan fingerprint density at radius 2 is 1.61 bits per heavy atom. The van der Waals surface area contributed by atoms with Gasteiger partial charge in [-0.25, -0.2) is 0 Å². The summed E-state index contributed by atoms with van der Waals surface area (Å²) in [6, 6.07) is 13.5. The van der Waals surface area contributed by atoms with E-state index in [1.165, 1.54) is 11.8 Å². The molecule has 2 N–H and O–H groups in total. The lowest BCUT2D eigenvalue weighted by Gasteiger charge is -2.11. The maximum Gasteiger partial charge on any atom is 0.234 e. The number of aromatic nitrogens is 3. The Kier molecular flexibility index (Phi) is 7.46. The third-order valence-corrected chi connectivity index (χ3v) is 5.81. The van der Waals surface area contributed by atoms with Crippen molar-refractivity contribution in [3.05, 3.63) is 65.0 Å². The first-order chi connectivity index (χ1) is 14.9. The summed E-state index contributed by atoms with van der Waals surface area (Å²) >= 11 is 1.31. The Labute approximate surface area is 186 Å². The second kappa shape index (κ2) is 10.3. The number of amides is 2. The first-order valence-electron chi connectivity index (χ1n) is 10.1. The van der Waals surface area contributed by atoms with Crippen LogP contribution in [0.15, 0.2) is 47.6 Å². The van der Waals surface area contributed by atoms with Crippen LogP contribution in [0, 0.1) is 20.8 Å². The van der Waals surface area contributed by atoms with Gasteiger partial charge in [-0.3, -0.25) is 9.59 Å². The maximum absolute atomic E-state index is 12.4. The molecule has 0 aliphatic rings. The van der Waals surface area contributed by atoms with Gasteiger partial charge in [-0.15, -0.1) is 10.2 Å². The van der Waals surface area contributed by atoms with Crippen LogP contribution in [0.2, 0.25) is 0 Å². The number of para-hydroxylation sites is 1. The Bertz CT molecular complexity index is 1060. The predicted molar refractivity (Wildman–Crippen MR) is 124 cm³/mol. The summed E-state index contributed by atoms with van der Waals surface area (Å²) in [6.07, 6.45) is 0.115. The van der Waals surface area contributed by atoms with E-state index in [1.807, 2.05) is 74.7 Å². The molecule has 3 rings (SSSR count). The van der Waals surface area contributed by atoms with Crippen molar-refractivity contribution >= 4 is 35.0 Å². The number of benzene rings is 2. The maximum atomic E-state index is 12.4. The molecular weight excluding hydrogens is 410 g/mol. The molecule has 0 aliphatic heterocycles. The van der Waals surface area contributed by atoms with E-state index in [0.717, 1.165) is 28.1 Å². The van der Waals surface area contributed by atoms with Gasteiger partial charge in [0.25, 0.3) is 0 Å². The van der Waals surface area contributed by atoms with Gasteiger partial charge in [-0.2, -0.15) is 0 Å². The minimum atomic E-state index is -0.157. The highest BCUT2D eigenvalue weighted by atomic mass is 32.2. The number of carbonyl (C=O) groups excluding carboxylic acids is 2. The number of hydrogen-bond acceptors (Lipinski definition) is 5. The van der Waals surface area contributed by atoms with Crippen LogP contribution < -0.4 is 10.6 Å². The number of nitrogens with one attached hydrogen (secondary N) is 2. The molecule has 0 saturated carbocycles. The molecule has 8 heteroatoms. The number of thioether (sulfide) groups is 1. The lowest BCUT2D eigenvalue weighted by atomic mass is 10.1. The first-order valence-corrected chi connectivity index (χ1v) is 11.1. The molecule has 1 heterocycles. The summed E-state index contributed by atoms with van der Waals surface area (Å²) in [5.41, 5.74) is 4.77. The van der Waals surface area contributed by atoms with Gasteiger partial charge in [0.15, 0.2) is 5.16 Å². The van der Waals surface area contributed by atoms with Crippen molar-refractivity contribution in [3.8, 4) is 0 Å². The van der Waals surface area contributed by atoms with Crippen molar-refractivity contribution in [2.75, 3.05) is 16.4 Å². The van der Waals surface area contributed by atoms with Gasteiger partial charge in [-0.1, -0.05) is 47.7 Å². The Hall–Kier alpha value is -3.13. The van der Waals surface area contributed by atoms with Crippen LogP contribution in [0.3, 0.4) is 0 Å². The normalized spacial score (nSPS) is 10.7. The monoisotopic (exact) mass is 437 g/mol. The third-order valence-electron chi connectivity index (χ3n) is 4.84. The topological polar surface area (TPSA) is 88.9 Å². The van der Waals surface area contributed by atoms with Crippen LogP contribution in [0.1, 0.15) is 29.4 Å². The molecule has 7 nitrogen and oxygen atoms in total. The van der Waals surface area contributed by atoms with E-state index in [0.29, 0.717) is 17.5 Å². The number of rotatable bonds is 8. The summed E-state index contributed by atoms with van der Waals surface area (Å²) in [7, 11) is 0. The molecule has 0 radical (unpaired) electrons. The molecule has 3 aromatic rings. The van der Waals surface area contributed by atoms with E-state index in [4.69, 9.17) is 0 Å². The van der Waals surface area contributed by atoms with Crippen molar-refractivity contribution in [3.63, 3.8) is 0 Å². The molecule has 0 bridgehead atoms. The molecule has 0 saturated heterocycles. The minimum Gasteiger partial charge on any atom is -0.326 e. The third kappa shape index (κ3) is 5.95. The van der Waals surface area contributed by atoms with Crippen molar-refractivity contribution < 1.29 is 9.59 Å². The number of nitrogens with zero attached hydrogens (tertiary/aromatic N) is 3. The second-order valence-corrected chi connectivity index (χ2v) is 8.28. The average Bonchev–Trinajstić information content (AvgIpc) is 3.12.